The van der Waals surface area contributed by atoms with Crippen molar-refractivity contribution in [1.29, 1.82) is 5.26 Å². The second-order valence-corrected chi connectivity index (χ2v) is 9.59. The first-order chi connectivity index (χ1) is 18.5. The van der Waals surface area contributed by atoms with Crippen molar-refractivity contribution in [2.45, 2.75) is 17.2 Å². The number of carbonyl (C=O) groups excluding carboxylic acids is 1. The summed E-state index contributed by atoms with van der Waals surface area (Å²) in [7, 11) is 4.70. The number of amides is 1. The molecule has 3 aromatic carbocycles. The van der Waals surface area contributed by atoms with E-state index in [4.69, 9.17) is 19.2 Å². The number of rotatable bonds is 9. The second-order valence-electron chi connectivity index (χ2n) is 8.26. The van der Waals surface area contributed by atoms with Gasteiger partial charge in [-0.25, -0.2) is 4.98 Å². The maximum Gasteiger partial charge on any atom is 0.237 e. The maximum absolute atomic E-state index is 13.2. The third-order valence-corrected chi connectivity index (χ3v) is 6.98. The van der Waals surface area contributed by atoms with E-state index >= 15 is 0 Å². The first-order valence-electron chi connectivity index (χ1n) is 11.8. The van der Waals surface area contributed by atoms with Crippen molar-refractivity contribution in [1.82, 2.24) is 4.98 Å². The van der Waals surface area contributed by atoms with Gasteiger partial charge in [-0.15, -0.1) is 0 Å². The molecule has 0 saturated carbocycles. The molecule has 0 aliphatic rings. The molecule has 1 atom stereocenters. The molecule has 4 rings (SSSR count). The number of thioether (sulfide) groups is 1. The third kappa shape index (κ3) is 5.90. The van der Waals surface area contributed by atoms with Crippen LogP contribution < -0.4 is 19.5 Å². The van der Waals surface area contributed by atoms with E-state index in [0.29, 0.717) is 33.5 Å². The van der Waals surface area contributed by atoms with Crippen LogP contribution in [0.4, 0.5) is 5.69 Å². The Morgan fingerprint density at radius 3 is 2.21 bits per heavy atom. The van der Waals surface area contributed by atoms with Crippen molar-refractivity contribution in [3.05, 3.63) is 84.4 Å². The van der Waals surface area contributed by atoms with Crippen molar-refractivity contribution in [2.75, 3.05) is 26.6 Å². The van der Waals surface area contributed by atoms with Crippen LogP contribution in [0.15, 0.2) is 83.9 Å². The van der Waals surface area contributed by atoms with Gasteiger partial charge in [-0.2, -0.15) is 5.26 Å². The van der Waals surface area contributed by atoms with Crippen molar-refractivity contribution in [2.24, 2.45) is 0 Å². The van der Waals surface area contributed by atoms with Crippen molar-refractivity contribution in [3.8, 4) is 45.7 Å². The van der Waals surface area contributed by atoms with Crippen LogP contribution in [-0.2, 0) is 4.79 Å². The fraction of sp³-hybridized carbons (Fsp3) is 0.167. The van der Waals surface area contributed by atoms with Crippen LogP contribution in [0.25, 0.3) is 22.4 Å². The van der Waals surface area contributed by atoms with Gasteiger partial charge in [0, 0.05) is 17.2 Å². The molecule has 4 aromatic rings. The number of hydrogen-bond donors (Lipinski definition) is 1. The molecule has 0 spiro atoms. The van der Waals surface area contributed by atoms with E-state index in [0.717, 1.165) is 22.4 Å². The number of nitriles is 1. The summed E-state index contributed by atoms with van der Waals surface area (Å²) in [5, 5.41) is 13.0. The normalized spacial score (nSPS) is 11.2. The second kappa shape index (κ2) is 12.2. The zero-order chi connectivity index (χ0) is 27.1. The molecule has 1 heterocycles. The summed E-state index contributed by atoms with van der Waals surface area (Å²) in [5.41, 5.74) is 4.09. The molecular formula is C30H27N3O4S. The quantitative estimate of drug-likeness (QED) is 0.252. The van der Waals surface area contributed by atoms with Gasteiger partial charge in [0.1, 0.15) is 28.3 Å². The Hall–Kier alpha value is -4.48. The average Bonchev–Trinajstić information content (AvgIpc) is 2.97. The SMILES string of the molecule is COc1ccc(-c2cc(-c3ccccc3)nc(SC(C)C(=O)Nc3cc(OC)ccc3OC)c2C#N)cc1. The number of nitrogens with zero attached hydrogens (tertiary/aromatic N) is 2. The molecule has 8 heteroatoms. The smallest absolute Gasteiger partial charge is 0.237 e. The van der Waals surface area contributed by atoms with Crippen LogP contribution in [0.2, 0.25) is 0 Å². The highest BCUT2D eigenvalue weighted by Gasteiger charge is 2.22. The number of methoxy groups -OCH3 is 3. The van der Waals surface area contributed by atoms with E-state index in [1.54, 1.807) is 39.3 Å². The molecule has 0 aliphatic carbocycles. The number of pyridine rings is 1. The summed E-state index contributed by atoms with van der Waals surface area (Å²) < 4.78 is 16.0. The number of hydrogen-bond acceptors (Lipinski definition) is 7. The van der Waals surface area contributed by atoms with Crippen LogP contribution >= 0.6 is 11.8 Å². The summed E-state index contributed by atoms with van der Waals surface area (Å²) in [6.45, 7) is 1.78. The Morgan fingerprint density at radius 1 is 0.895 bits per heavy atom. The van der Waals surface area contributed by atoms with E-state index in [-0.39, 0.29) is 5.91 Å². The first-order valence-corrected chi connectivity index (χ1v) is 12.7. The van der Waals surface area contributed by atoms with Gasteiger partial charge in [0.15, 0.2) is 0 Å². The van der Waals surface area contributed by atoms with Crippen LogP contribution in [0, 0.1) is 11.3 Å². The molecule has 1 amide bonds. The number of carbonyl (C=O) groups is 1. The largest absolute Gasteiger partial charge is 0.497 e. The minimum Gasteiger partial charge on any atom is -0.497 e. The standard InChI is InChI=1S/C30H27N3O4S/c1-19(29(34)32-27-16-23(36-3)14-15-28(27)37-4)38-30-25(18-31)24(20-10-12-22(35-2)13-11-20)17-26(33-30)21-8-6-5-7-9-21/h5-17,19H,1-4H3,(H,32,34). The number of nitrogens with one attached hydrogen (secondary N) is 1. The zero-order valence-corrected chi connectivity index (χ0v) is 22.3. The summed E-state index contributed by atoms with van der Waals surface area (Å²) in [6, 6.07) is 26.7. The Morgan fingerprint density at radius 2 is 1.58 bits per heavy atom. The minimum absolute atomic E-state index is 0.261. The van der Waals surface area contributed by atoms with Crippen molar-refractivity contribution in [3.63, 3.8) is 0 Å². The summed E-state index contributed by atoms with van der Waals surface area (Å²) in [6.07, 6.45) is 0. The highest BCUT2D eigenvalue weighted by atomic mass is 32.2. The Balaban J connectivity index is 1.71. The number of benzene rings is 3. The van der Waals surface area contributed by atoms with E-state index in [9.17, 15) is 10.1 Å². The monoisotopic (exact) mass is 525 g/mol. The number of aromatic nitrogens is 1. The lowest BCUT2D eigenvalue weighted by Gasteiger charge is -2.17. The molecule has 1 aromatic heterocycles. The lowest BCUT2D eigenvalue weighted by molar-refractivity contribution is -0.115. The summed E-state index contributed by atoms with van der Waals surface area (Å²) in [5.74, 6) is 1.57. The van der Waals surface area contributed by atoms with Crippen molar-refractivity contribution < 1.29 is 19.0 Å². The maximum atomic E-state index is 13.2. The van der Waals surface area contributed by atoms with Crippen LogP contribution in [-0.4, -0.2) is 37.5 Å². The van der Waals surface area contributed by atoms with E-state index < -0.39 is 5.25 Å². The van der Waals surface area contributed by atoms with Gasteiger partial charge in [0.05, 0.1) is 43.5 Å². The lowest BCUT2D eigenvalue weighted by atomic mass is 9.99. The van der Waals surface area contributed by atoms with Gasteiger partial charge in [-0.3, -0.25) is 4.79 Å². The molecule has 0 bridgehead atoms. The molecule has 0 saturated heterocycles. The predicted molar refractivity (Wildman–Crippen MR) is 150 cm³/mol. The highest BCUT2D eigenvalue weighted by Crippen LogP contribution is 2.37. The van der Waals surface area contributed by atoms with Crippen LogP contribution in [0.1, 0.15) is 12.5 Å². The zero-order valence-electron chi connectivity index (χ0n) is 21.5. The molecule has 0 radical (unpaired) electrons. The van der Waals surface area contributed by atoms with Crippen LogP contribution in [0.5, 0.6) is 17.2 Å². The van der Waals surface area contributed by atoms with Crippen molar-refractivity contribution >= 4 is 23.4 Å². The Kier molecular flexibility index (Phi) is 8.51. The van der Waals surface area contributed by atoms with E-state index in [2.05, 4.69) is 11.4 Å². The van der Waals surface area contributed by atoms with Crippen LogP contribution in [0.3, 0.4) is 0 Å². The van der Waals surface area contributed by atoms with Gasteiger partial charge in [-0.05, 0) is 42.8 Å². The third-order valence-electron chi connectivity index (χ3n) is 5.89. The average molecular weight is 526 g/mol. The molecule has 0 aliphatic heterocycles. The van der Waals surface area contributed by atoms with Gasteiger partial charge >= 0.3 is 0 Å². The molecule has 1 unspecified atom stereocenters. The molecule has 1 N–H and O–H groups in total. The molecule has 192 valence electrons. The minimum atomic E-state index is -0.569. The lowest BCUT2D eigenvalue weighted by Crippen LogP contribution is -2.23. The Bertz CT molecular complexity index is 1470. The molecular weight excluding hydrogens is 498 g/mol. The molecule has 38 heavy (non-hydrogen) atoms. The van der Waals surface area contributed by atoms with Gasteiger partial charge in [-0.1, -0.05) is 54.2 Å². The number of ether oxygens (including phenoxy) is 3. The highest BCUT2D eigenvalue weighted by molar-refractivity contribution is 8.00. The van der Waals surface area contributed by atoms with Gasteiger partial charge in [0.25, 0.3) is 0 Å². The van der Waals surface area contributed by atoms with Gasteiger partial charge in [0.2, 0.25) is 5.91 Å². The summed E-state index contributed by atoms with van der Waals surface area (Å²) >= 11 is 1.23. The molecule has 7 nitrogen and oxygen atoms in total. The predicted octanol–water partition coefficient (Wildman–Crippen LogP) is 6.43. The van der Waals surface area contributed by atoms with E-state index in [1.807, 2.05) is 60.7 Å². The Labute approximate surface area is 226 Å². The van der Waals surface area contributed by atoms with Gasteiger partial charge < -0.3 is 19.5 Å². The molecule has 0 fully saturated rings. The number of anilines is 1. The van der Waals surface area contributed by atoms with E-state index in [1.165, 1.54) is 18.9 Å². The fourth-order valence-electron chi connectivity index (χ4n) is 3.84. The fourth-order valence-corrected chi connectivity index (χ4v) is 4.76. The summed E-state index contributed by atoms with van der Waals surface area (Å²) in [4.78, 5) is 18.0. The topological polar surface area (TPSA) is 93.5 Å². The first kappa shape index (κ1) is 26.6.